The van der Waals surface area contributed by atoms with Crippen LogP contribution in [0.25, 0.3) is 0 Å². The van der Waals surface area contributed by atoms with Crippen molar-refractivity contribution in [3.63, 3.8) is 0 Å². The van der Waals surface area contributed by atoms with E-state index < -0.39 is 8.07 Å². The predicted octanol–water partition coefficient (Wildman–Crippen LogP) is 8.28. The van der Waals surface area contributed by atoms with E-state index in [-0.39, 0.29) is 12.1 Å². The molecule has 0 fully saturated rings. The van der Waals surface area contributed by atoms with E-state index in [9.17, 15) is 4.79 Å². The summed E-state index contributed by atoms with van der Waals surface area (Å²) in [6.07, 6.45) is 10.0. The fraction of sp³-hybridized carbons (Fsp3) is 0.560. The van der Waals surface area contributed by atoms with Crippen molar-refractivity contribution in [3.05, 3.63) is 52.8 Å². The molecular formula is C25H38ClNO2Si. The lowest BCUT2D eigenvalue weighted by Crippen LogP contribution is -2.50. The van der Waals surface area contributed by atoms with Gasteiger partial charge in [-0.25, -0.2) is 4.79 Å². The molecule has 0 saturated carbocycles. The maximum atomic E-state index is 13.2. The van der Waals surface area contributed by atoms with E-state index in [0.717, 1.165) is 24.3 Å². The van der Waals surface area contributed by atoms with Gasteiger partial charge in [-0.2, -0.15) is 0 Å². The van der Waals surface area contributed by atoms with Gasteiger partial charge in [0.2, 0.25) is 0 Å². The van der Waals surface area contributed by atoms with Crippen LogP contribution in [0.1, 0.15) is 66.2 Å². The molecule has 30 heavy (non-hydrogen) atoms. The van der Waals surface area contributed by atoms with Crippen molar-refractivity contribution in [2.24, 2.45) is 0 Å². The van der Waals surface area contributed by atoms with Crippen LogP contribution in [0, 0.1) is 0 Å². The lowest BCUT2D eigenvalue weighted by Gasteiger charge is -2.43. The number of unbranched alkanes of at least 4 members (excludes halogenated alkanes) is 1. The minimum absolute atomic E-state index is 0.00924. The van der Waals surface area contributed by atoms with Crippen molar-refractivity contribution in [1.82, 2.24) is 4.90 Å². The molecule has 5 heteroatoms. The Balaban J connectivity index is 2.44. The minimum atomic E-state index is -1.80. The first-order chi connectivity index (χ1) is 14.5. The smallest absolute Gasteiger partial charge is 0.410 e. The molecule has 166 valence electrons. The number of para-hydroxylation sites is 1. The van der Waals surface area contributed by atoms with Gasteiger partial charge in [0, 0.05) is 11.2 Å². The van der Waals surface area contributed by atoms with Crippen LogP contribution in [0.15, 0.2) is 52.8 Å². The highest BCUT2D eigenvalue weighted by Crippen LogP contribution is 2.42. The Kier molecular flexibility index (Phi) is 10.2. The van der Waals surface area contributed by atoms with Gasteiger partial charge in [-0.3, -0.25) is 4.90 Å². The molecule has 1 heterocycles. The predicted molar refractivity (Wildman–Crippen MR) is 131 cm³/mol. The maximum absolute atomic E-state index is 13.2. The van der Waals surface area contributed by atoms with Gasteiger partial charge < -0.3 is 4.74 Å². The molecule has 0 saturated heterocycles. The Morgan fingerprint density at radius 2 is 1.60 bits per heavy atom. The highest BCUT2D eigenvalue weighted by atomic mass is 35.5. The number of hydrogen-bond donors (Lipinski definition) is 0. The average molecular weight is 448 g/mol. The number of nitrogens with zero attached hydrogens (tertiary/aromatic N) is 1. The molecule has 1 aromatic rings. The maximum Gasteiger partial charge on any atom is 0.419 e. The Labute approximate surface area is 189 Å². The zero-order valence-electron chi connectivity index (χ0n) is 19.1. The standard InChI is InChI=1S/C25H38ClNO2Si/c1-5-9-15-23-24(30(18-6-2,19-7-3)20-8-4)22(26)16-17-27(23)25(28)29-21-13-11-10-12-14-21/h10-14,16-17,23H,5-9,15,18-20H2,1-4H3. The van der Waals surface area contributed by atoms with Gasteiger partial charge in [-0.15, -0.1) is 0 Å². The van der Waals surface area contributed by atoms with Crippen molar-refractivity contribution in [1.29, 1.82) is 0 Å². The Morgan fingerprint density at radius 1 is 1.00 bits per heavy atom. The molecule has 0 bridgehead atoms. The molecule has 1 aliphatic rings. The average Bonchev–Trinajstić information content (AvgIpc) is 2.73. The summed E-state index contributed by atoms with van der Waals surface area (Å²) in [5, 5.41) is 2.26. The Hall–Kier alpha value is -1.52. The van der Waals surface area contributed by atoms with Crippen molar-refractivity contribution in [3.8, 4) is 5.75 Å². The van der Waals surface area contributed by atoms with Crippen LogP contribution >= 0.6 is 11.6 Å². The van der Waals surface area contributed by atoms with Crippen LogP contribution in [0.5, 0.6) is 5.75 Å². The summed E-state index contributed by atoms with van der Waals surface area (Å²) in [6.45, 7) is 9.04. The van der Waals surface area contributed by atoms with Crippen molar-refractivity contribution in [2.45, 2.75) is 90.4 Å². The molecule has 0 N–H and O–H groups in total. The van der Waals surface area contributed by atoms with Crippen molar-refractivity contribution < 1.29 is 9.53 Å². The molecule has 2 rings (SSSR count). The minimum Gasteiger partial charge on any atom is -0.410 e. The number of carbonyl (C=O) groups excluding carboxylic acids is 1. The molecule has 1 unspecified atom stereocenters. The zero-order valence-corrected chi connectivity index (χ0v) is 20.9. The van der Waals surface area contributed by atoms with Gasteiger partial charge in [0.15, 0.2) is 0 Å². The van der Waals surface area contributed by atoms with Gasteiger partial charge in [-0.1, -0.05) is 108 Å². The van der Waals surface area contributed by atoms with Crippen LogP contribution in [0.4, 0.5) is 4.79 Å². The first-order valence-corrected chi connectivity index (χ1v) is 14.7. The van der Waals surface area contributed by atoms with Gasteiger partial charge in [0.05, 0.1) is 14.1 Å². The largest absolute Gasteiger partial charge is 0.419 e. The number of allylic oxidation sites excluding steroid dienone is 2. The van der Waals surface area contributed by atoms with Crippen LogP contribution < -0.4 is 4.74 Å². The quantitative estimate of drug-likeness (QED) is 0.319. The van der Waals surface area contributed by atoms with Gasteiger partial charge in [0.1, 0.15) is 5.75 Å². The molecule has 1 aromatic carbocycles. The van der Waals surface area contributed by atoms with Crippen LogP contribution in [-0.4, -0.2) is 25.1 Å². The van der Waals surface area contributed by atoms with Gasteiger partial charge in [-0.05, 0) is 29.8 Å². The van der Waals surface area contributed by atoms with Crippen LogP contribution in [0.2, 0.25) is 18.1 Å². The second-order valence-corrected chi connectivity index (χ2v) is 13.4. The van der Waals surface area contributed by atoms with E-state index in [1.165, 1.54) is 42.6 Å². The van der Waals surface area contributed by atoms with E-state index in [4.69, 9.17) is 16.3 Å². The lowest BCUT2D eigenvalue weighted by molar-refractivity contribution is 0.158. The highest BCUT2D eigenvalue weighted by Gasteiger charge is 2.43. The molecule has 3 nitrogen and oxygen atoms in total. The van der Waals surface area contributed by atoms with Gasteiger partial charge >= 0.3 is 6.09 Å². The summed E-state index contributed by atoms with van der Waals surface area (Å²) in [5.74, 6) is 0.575. The first-order valence-electron chi connectivity index (χ1n) is 11.7. The molecule has 1 aliphatic heterocycles. The summed E-state index contributed by atoms with van der Waals surface area (Å²) in [6, 6.07) is 13.0. The van der Waals surface area contributed by atoms with E-state index in [2.05, 4.69) is 27.7 Å². The summed E-state index contributed by atoms with van der Waals surface area (Å²) in [5.41, 5.74) is 0. The summed E-state index contributed by atoms with van der Waals surface area (Å²) in [7, 11) is -1.80. The van der Waals surface area contributed by atoms with Crippen molar-refractivity contribution in [2.75, 3.05) is 0 Å². The summed E-state index contributed by atoms with van der Waals surface area (Å²) < 4.78 is 5.73. The fourth-order valence-corrected chi connectivity index (χ4v) is 11.8. The van der Waals surface area contributed by atoms with Crippen LogP contribution in [0.3, 0.4) is 0 Å². The molecule has 1 atom stereocenters. The number of carbonyl (C=O) groups is 1. The normalized spacial score (nSPS) is 16.8. The third kappa shape index (κ3) is 6.01. The SMILES string of the molecule is CCCCC1C([Si](CCC)(CCC)CCC)=C(Cl)C=CN1C(=O)Oc1ccccc1. The molecular weight excluding hydrogens is 410 g/mol. The molecule has 0 spiro atoms. The van der Waals surface area contributed by atoms with E-state index >= 15 is 0 Å². The molecule has 0 aliphatic carbocycles. The lowest BCUT2D eigenvalue weighted by atomic mass is 10.1. The van der Waals surface area contributed by atoms with E-state index in [1.54, 1.807) is 0 Å². The number of hydrogen-bond acceptors (Lipinski definition) is 2. The third-order valence-corrected chi connectivity index (χ3v) is 12.7. The molecule has 0 aromatic heterocycles. The Bertz CT molecular complexity index is 715. The topological polar surface area (TPSA) is 29.5 Å². The number of halogens is 1. The van der Waals surface area contributed by atoms with E-state index in [0.29, 0.717) is 5.75 Å². The molecule has 0 radical (unpaired) electrons. The van der Waals surface area contributed by atoms with Gasteiger partial charge in [0.25, 0.3) is 0 Å². The third-order valence-electron chi connectivity index (χ3n) is 6.06. The van der Waals surface area contributed by atoms with E-state index in [1.807, 2.05) is 47.5 Å². The Morgan fingerprint density at radius 3 is 2.13 bits per heavy atom. The fourth-order valence-electron chi connectivity index (χ4n) is 4.97. The number of rotatable bonds is 11. The number of amides is 1. The highest BCUT2D eigenvalue weighted by molar-refractivity contribution is 6.87. The number of ether oxygens (including phenoxy) is 1. The second-order valence-electron chi connectivity index (χ2n) is 8.35. The zero-order chi connectivity index (χ0) is 22.0. The number of benzene rings is 1. The first kappa shape index (κ1) is 24.7. The summed E-state index contributed by atoms with van der Waals surface area (Å²) >= 11 is 6.93. The monoisotopic (exact) mass is 447 g/mol. The summed E-state index contributed by atoms with van der Waals surface area (Å²) in [4.78, 5) is 15.0. The van der Waals surface area contributed by atoms with Crippen LogP contribution in [-0.2, 0) is 0 Å². The second kappa shape index (κ2) is 12.4. The van der Waals surface area contributed by atoms with Crippen molar-refractivity contribution >= 4 is 25.8 Å². The molecule has 1 amide bonds.